The second kappa shape index (κ2) is 6.07. The first-order valence-corrected chi connectivity index (χ1v) is 5.89. The van der Waals surface area contributed by atoms with Gasteiger partial charge in [0.1, 0.15) is 11.5 Å². The van der Waals surface area contributed by atoms with Crippen LogP contribution in [0, 0.1) is 0 Å². The summed E-state index contributed by atoms with van der Waals surface area (Å²) in [5, 5.41) is 12.5. The molecule has 18 heavy (non-hydrogen) atoms. The summed E-state index contributed by atoms with van der Waals surface area (Å²) in [7, 11) is 1.67. The van der Waals surface area contributed by atoms with Crippen LogP contribution in [0.4, 0.5) is 0 Å². The van der Waals surface area contributed by atoms with E-state index in [4.69, 9.17) is 4.74 Å². The zero-order chi connectivity index (χ0) is 12.8. The smallest absolute Gasteiger partial charge is 0.119 e. The van der Waals surface area contributed by atoms with Crippen molar-refractivity contribution in [2.45, 2.75) is 13.1 Å². The molecule has 0 atom stereocenters. The summed E-state index contributed by atoms with van der Waals surface area (Å²) in [5.41, 5.74) is 2.34. The van der Waals surface area contributed by atoms with E-state index in [9.17, 15) is 5.11 Å². The Morgan fingerprint density at radius 3 is 2.44 bits per heavy atom. The van der Waals surface area contributed by atoms with Crippen LogP contribution in [0.3, 0.4) is 0 Å². The number of aromatic hydroxyl groups is 1. The van der Waals surface area contributed by atoms with Gasteiger partial charge >= 0.3 is 0 Å². The fourth-order valence-electron chi connectivity index (χ4n) is 1.75. The van der Waals surface area contributed by atoms with Crippen molar-refractivity contribution in [2.24, 2.45) is 0 Å². The third kappa shape index (κ3) is 3.50. The van der Waals surface area contributed by atoms with E-state index in [0.717, 1.165) is 24.4 Å². The summed E-state index contributed by atoms with van der Waals surface area (Å²) in [6.45, 7) is 1.57. The van der Waals surface area contributed by atoms with Crippen molar-refractivity contribution in [1.29, 1.82) is 0 Å². The molecule has 0 saturated carbocycles. The molecule has 2 aromatic carbocycles. The minimum absolute atomic E-state index is 0.298. The average Bonchev–Trinajstić information content (AvgIpc) is 2.41. The maximum absolute atomic E-state index is 9.18. The lowest BCUT2D eigenvalue weighted by Crippen LogP contribution is -2.12. The quantitative estimate of drug-likeness (QED) is 0.848. The molecule has 3 heteroatoms. The largest absolute Gasteiger partial charge is 0.508 e. The first-order chi connectivity index (χ1) is 8.78. The van der Waals surface area contributed by atoms with Crippen LogP contribution in [0.25, 0.3) is 0 Å². The third-order valence-electron chi connectivity index (χ3n) is 2.73. The molecule has 2 rings (SSSR count). The van der Waals surface area contributed by atoms with Crippen molar-refractivity contribution < 1.29 is 9.84 Å². The molecule has 0 spiro atoms. The number of methoxy groups -OCH3 is 1. The van der Waals surface area contributed by atoms with Crippen LogP contribution in [0.2, 0.25) is 0 Å². The number of rotatable bonds is 5. The number of phenolic OH excluding ortho intramolecular Hbond substituents is 1. The van der Waals surface area contributed by atoms with E-state index in [-0.39, 0.29) is 0 Å². The van der Waals surface area contributed by atoms with Gasteiger partial charge in [-0.25, -0.2) is 0 Å². The molecule has 2 N–H and O–H groups in total. The van der Waals surface area contributed by atoms with Crippen LogP contribution in [-0.4, -0.2) is 12.2 Å². The summed E-state index contributed by atoms with van der Waals surface area (Å²) in [5.74, 6) is 1.17. The Kier molecular flexibility index (Phi) is 4.20. The molecule has 0 heterocycles. The van der Waals surface area contributed by atoms with Crippen molar-refractivity contribution >= 4 is 0 Å². The minimum atomic E-state index is 0.298. The summed E-state index contributed by atoms with van der Waals surface area (Å²) in [4.78, 5) is 0. The molecule has 0 bridgehead atoms. The van der Waals surface area contributed by atoms with E-state index in [1.54, 1.807) is 19.2 Å². The van der Waals surface area contributed by atoms with Gasteiger partial charge in [0.2, 0.25) is 0 Å². The number of phenols is 1. The van der Waals surface area contributed by atoms with E-state index >= 15 is 0 Å². The average molecular weight is 243 g/mol. The van der Waals surface area contributed by atoms with Gasteiger partial charge in [-0.3, -0.25) is 0 Å². The van der Waals surface area contributed by atoms with Crippen LogP contribution >= 0.6 is 0 Å². The Hall–Kier alpha value is -2.00. The molecule has 0 amide bonds. The van der Waals surface area contributed by atoms with Gasteiger partial charge in [-0.05, 0) is 35.4 Å². The molecule has 0 aliphatic carbocycles. The SMILES string of the molecule is COc1cccc(CNCc2ccc(O)cc2)c1. The van der Waals surface area contributed by atoms with E-state index in [0.29, 0.717) is 5.75 Å². The first kappa shape index (κ1) is 12.5. The van der Waals surface area contributed by atoms with E-state index in [1.807, 2.05) is 30.3 Å². The molecule has 0 fully saturated rings. The zero-order valence-electron chi connectivity index (χ0n) is 10.4. The second-order valence-corrected chi connectivity index (χ2v) is 4.12. The second-order valence-electron chi connectivity index (χ2n) is 4.12. The Morgan fingerprint density at radius 2 is 1.72 bits per heavy atom. The summed E-state index contributed by atoms with van der Waals surface area (Å²) >= 11 is 0. The Morgan fingerprint density at radius 1 is 1.00 bits per heavy atom. The van der Waals surface area contributed by atoms with Crippen molar-refractivity contribution in [2.75, 3.05) is 7.11 Å². The van der Waals surface area contributed by atoms with Gasteiger partial charge in [0.15, 0.2) is 0 Å². The third-order valence-corrected chi connectivity index (χ3v) is 2.73. The highest BCUT2D eigenvalue weighted by atomic mass is 16.5. The van der Waals surface area contributed by atoms with Gasteiger partial charge in [0.05, 0.1) is 7.11 Å². The number of hydrogen-bond acceptors (Lipinski definition) is 3. The maximum Gasteiger partial charge on any atom is 0.119 e. The fraction of sp³-hybridized carbons (Fsp3) is 0.200. The zero-order valence-corrected chi connectivity index (χ0v) is 10.4. The van der Waals surface area contributed by atoms with Crippen LogP contribution in [0.5, 0.6) is 11.5 Å². The van der Waals surface area contributed by atoms with E-state index in [1.165, 1.54) is 5.56 Å². The molecule has 0 aliphatic rings. The van der Waals surface area contributed by atoms with Crippen LogP contribution in [-0.2, 0) is 13.1 Å². The van der Waals surface area contributed by atoms with Gasteiger partial charge in [-0.1, -0.05) is 24.3 Å². The molecule has 3 nitrogen and oxygen atoms in total. The van der Waals surface area contributed by atoms with E-state index in [2.05, 4.69) is 11.4 Å². The van der Waals surface area contributed by atoms with E-state index < -0.39 is 0 Å². The number of ether oxygens (including phenoxy) is 1. The van der Waals surface area contributed by atoms with Crippen LogP contribution in [0.15, 0.2) is 48.5 Å². The van der Waals surface area contributed by atoms with Crippen LogP contribution in [0.1, 0.15) is 11.1 Å². The molecular formula is C15H17NO2. The first-order valence-electron chi connectivity index (χ1n) is 5.89. The van der Waals surface area contributed by atoms with Crippen LogP contribution < -0.4 is 10.1 Å². The Bertz CT molecular complexity index is 494. The molecule has 0 unspecified atom stereocenters. The lowest BCUT2D eigenvalue weighted by atomic mass is 10.2. The highest BCUT2D eigenvalue weighted by molar-refractivity contribution is 5.29. The molecular weight excluding hydrogens is 226 g/mol. The van der Waals surface area contributed by atoms with Crippen molar-refractivity contribution in [3.8, 4) is 11.5 Å². The predicted molar refractivity (Wildman–Crippen MR) is 71.6 cm³/mol. The number of nitrogens with one attached hydrogen (secondary N) is 1. The Labute approximate surface area is 107 Å². The van der Waals surface area contributed by atoms with Crippen molar-refractivity contribution in [3.63, 3.8) is 0 Å². The minimum Gasteiger partial charge on any atom is -0.508 e. The van der Waals surface area contributed by atoms with Gasteiger partial charge in [-0.2, -0.15) is 0 Å². The molecule has 0 aromatic heterocycles. The lowest BCUT2D eigenvalue weighted by molar-refractivity contribution is 0.414. The van der Waals surface area contributed by atoms with Crippen molar-refractivity contribution in [3.05, 3.63) is 59.7 Å². The summed E-state index contributed by atoms with van der Waals surface area (Å²) in [6.07, 6.45) is 0. The highest BCUT2D eigenvalue weighted by Crippen LogP contribution is 2.13. The molecule has 2 aromatic rings. The monoisotopic (exact) mass is 243 g/mol. The summed E-state index contributed by atoms with van der Waals surface area (Å²) < 4.78 is 5.18. The highest BCUT2D eigenvalue weighted by Gasteiger charge is 1.97. The molecule has 0 radical (unpaired) electrons. The topological polar surface area (TPSA) is 41.5 Å². The number of hydrogen-bond donors (Lipinski definition) is 2. The molecule has 0 saturated heterocycles. The Balaban J connectivity index is 1.86. The van der Waals surface area contributed by atoms with Gasteiger partial charge in [-0.15, -0.1) is 0 Å². The predicted octanol–water partition coefficient (Wildman–Crippen LogP) is 2.69. The summed E-state index contributed by atoms with van der Waals surface area (Å²) in [6, 6.07) is 15.2. The van der Waals surface area contributed by atoms with Crippen molar-refractivity contribution in [1.82, 2.24) is 5.32 Å². The molecule has 0 aliphatic heterocycles. The van der Waals surface area contributed by atoms with Gasteiger partial charge in [0, 0.05) is 13.1 Å². The normalized spacial score (nSPS) is 10.3. The van der Waals surface area contributed by atoms with Gasteiger partial charge < -0.3 is 15.2 Å². The van der Waals surface area contributed by atoms with Gasteiger partial charge in [0.25, 0.3) is 0 Å². The molecule has 94 valence electrons. The maximum atomic E-state index is 9.18. The fourth-order valence-corrected chi connectivity index (χ4v) is 1.75. The lowest BCUT2D eigenvalue weighted by Gasteiger charge is -2.07. The standard InChI is InChI=1S/C15H17NO2/c1-18-15-4-2-3-13(9-15)11-16-10-12-5-7-14(17)8-6-12/h2-9,16-17H,10-11H2,1H3. The number of benzene rings is 2.